The number of hydrogen-bond acceptors (Lipinski definition) is 3. The Hall–Kier alpha value is -0.870. The number of hydrogen-bond donors (Lipinski definition) is 1. The first-order valence-corrected chi connectivity index (χ1v) is 5.54. The average molecular weight is 272 g/mol. The van der Waals surface area contributed by atoms with Gasteiger partial charge in [0, 0.05) is 4.47 Å². The first kappa shape index (κ1) is 12.2. The number of nitrogens with two attached hydrogens (primary N) is 1. The van der Waals surface area contributed by atoms with Gasteiger partial charge in [0.1, 0.15) is 6.04 Å². The molecule has 1 atom stereocenters. The Labute approximate surface area is 97.7 Å². The number of carbonyl (C=O) groups excluding carboxylic acids is 1. The van der Waals surface area contributed by atoms with Gasteiger partial charge in [0.05, 0.1) is 6.61 Å². The standard InChI is InChI=1S/C11H14BrNO2/c1-3-15-11(14)10(13)9-7(2)5-4-6-8(9)12/h4-6,10H,3,13H2,1-2H3. The molecule has 1 unspecified atom stereocenters. The third kappa shape index (κ3) is 2.79. The van der Waals surface area contributed by atoms with Crippen LogP contribution in [0.15, 0.2) is 22.7 Å². The lowest BCUT2D eigenvalue weighted by Crippen LogP contribution is -2.24. The number of benzene rings is 1. The van der Waals surface area contributed by atoms with Crippen molar-refractivity contribution in [3.63, 3.8) is 0 Å². The highest BCUT2D eigenvalue weighted by atomic mass is 79.9. The second-order valence-corrected chi connectivity index (χ2v) is 4.05. The molecule has 0 saturated heterocycles. The Bertz CT molecular complexity index is 345. The van der Waals surface area contributed by atoms with E-state index >= 15 is 0 Å². The highest BCUT2D eigenvalue weighted by Gasteiger charge is 2.20. The van der Waals surface area contributed by atoms with Crippen molar-refractivity contribution in [2.45, 2.75) is 19.9 Å². The van der Waals surface area contributed by atoms with Gasteiger partial charge in [-0.2, -0.15) is 0 Å². The van der Waals surface area contributed by atoms with Crippen LogP contribution in [0.4, 0.5) is 0 Å². The van der Waals surface area contributed by atoms with Crippen LogP contribution in [-0.4, -0.2) is 12.6 Å². The van der Waals surface area contributed by atoms with Gasteiger partial charge in [0.2, 0.25) is 0 Å². The minimum absolute atomic E-state index is 0.343. The predicted octanol–water partition coefficient (Wildman–Crippen LogP) is 2.32. The highest BCUT2D eigenvalue weighted by molar-refractivity contribution is 9.10. The highest BCUT2D eigenvalue weighted by Crippen LogP contribution is 2.26. The second-order valence-electron chi connectivity index (χ2n) is 3.20. The van der Waals surface area contributed by atoms with Crippen LogP contribution in [0.2, 0.25) is 0 Å². The molecule has 0 aromatic heterocycles. The van der Waals surface area contributed by atoms with Gasteiger partial charge in [-0.3, -0.25) is 0 Å². The Balaban J connectivity index is 3.00. The van der Waals surface area contributed by atoms with Crippen molar-refractivity contribution >= 4 is 21.9 Å². The molecule has 0 aliphatic carbocycles. The molecule has 0 aliphatic heterocycles. The molecule has 1 rings (SSSR count). The monoisotopic (exact) mass is 271 g/mol. The fourth-order valence-electron chi connectivity index (χ4n) is 1.39. The quantitative estimate of drug-likeness (QED) is 0.859. The van der Waals surface area contributed by atoms with Crippen LogP contribution >= 0.6 is 15.9 Å². The molecule has 0 spiro atoms. The van der Waals surface area contributed by atoms with E-state index in [9.17, 15) is 4.79 Å². The SMILES string of the molecule is CCOC(=O)C(N)c1c(C)cccc1Br. The minimum atomic E-state index is -0.722. The zero-order valence-corrected chi connectivity index (χ0v) is 10.4. The molecular weight excluding hydrogens is 258 g/mol. The van der Waals surface area contributed by atoms with E-state index in [-0.39, 0.29) is 0 Å². The molecular formula is C11H14BrNO2. The van der Waals surface area contributed by atoms with Crippen LogP contribution in [0.3, 0.4) is 0 Å². The van der Waals surface area contributed by atoms with E-state index < -0.39 is 12.0 Å². The lowest BCUT2D eigenvalue weighted by Gasteiger charge is -2.14. The molecule has 4 heteroatoms. The van der Waals surface area contributed by atoms with Gasteiger partial charge < -0.3 is 10.5 Å². The van der Waals surface area contributed by atoms with Crippen molar-refractivity contribution in [2.24, 2.45) is 5.73 Å². The molecule has 0 fully saturated rings. The summed E-state index contributed by atoms with van der Waals surface area (Å²) in [5, 5.41) is 0. The third-order valence-electron chi connectivity index (χ3n) is 2.12. The molecule has 0 aliphatic rings. The molecule has 2 N–H and O–H groups in total. The summed E-state index contributed by atoms with van der Waals surface area (Å²) in [5.41, 5.74) is 7.59. The average Bonchev–Trinajstić information content (AvgIpc) is 2.17. The van der Waals surface area contributed by atoms with Crippen LogP contribution < -0.4 is 5.73 Å². The first-order chi connectivity index (χ1) is 7.07. The second kappa shape index (κ2) is 5.28. The van der Waals surface area contributed by atoms with E-state index in [1.54, 1.807) is 6.92 Å². The van der Waals surface area contributed by atoms with Crippen molar-refractivity contribution in [2.75, 3.05) is 6.61 Å². The Morgan fingerprint density at radius 2 is 2.27 bits per heavy atom. The van der Waals surface area contributed by atoms with E-state index in [4.69, 9.17) is 10.5 Å². The lowest BCUT2D eigenvalue weighted by atomic mass is 10.0. The number of halogens is 1. The zero-order valence-electron chi connectivity index (χ0n) is 8.79. The zero-order chi connectivity index (χ0) is 11.4. The Kier molecular flexibility index (Phi) is 4.29. The normalized spacial score (nSPS) is 12.3. The molecule has 15 heavy (non-hydrogen) atoms. The van der Waals surface area contributed by atoms with Gasteiger partial charge in [0.15, 0.2) is 0 Å². The Morgan fingerprint density at radius 3 is 2.80 bits per heavy atom. The molecule has 0 amide bonds. The first-order valence-electron chi connectivity index (χ1n) is 4.75. The molecule has 82 valence electrons. The van der Waals surface area contributed by atoms with E-state index in [0.717, 1.165) is 15.6 Å². The summed E-state index contributed by atoms with van der Waals surface area (Å²) in [6.07, 6.45) is 0. The van der Waals surface area contributed by atoms with E-state index in [1.165, 1.54) is 0 Å². The van der Waals surface area contributed by atoms with E-state index in [2.05, 4.69) is 15.9 Å². The third-order valence-corrected chi connectivity index (χ3v) is 2.81. The van der Waals surface area contributed by atoms with Crippen LogP contribution in [-0.2, 0) is 9.53 Å². The van der Waals surface area contributed by atoms with Crippen LogP contribution in [0, 0.1) is 6.92 Å². The maximum Gasteiger partial charge on any atom is 0.327 e. The molecule has 1 aromatic rings. The summed E-state index contributed by atoms with van der Waals surface area (Å²) in [4.78, 5) is 11.5. The van der Waals surface area contributed by atoms with E-state index in [1.807, 2.05) is 25.1 Å². The summed E-state index contributed by atoms with van der Waals surface area (Å²) < 4.78 is 5.72. The smallest absolute Gasteiger partial charge is 0.327 e. The molecule has 0 heterocycles. The topological polar surface area (TPSA) is 52.3 Å². The van der Waals surface area contributed by atoms with Crippen LogP contribution in [0.25, 0.3) is 0 Å². The van der Waals surface area contributed by atoms with Gasteiger partial charge in [-0.25, -0.2) is 4.79 Å². The fourth-order valence-corrected chi connectivity index (χ4v) is 2.10. The summed E-state index contributed by atoms with van der Waals surface area (Å²) in [6, 6.07) is 4.96. The lowest BCUT2D eigenvalue weighted by molar-refractivity contribution is -0.144. The van der Waals surface area contributed by atoms with Gasteiger partial charge in [-0.15, -0.1) is 0 Å². The van der Waals surface area contributed by atoms with Gasteiger partial charge in [-0.05, 0) is 31.0 Å². The summed E-state index contributed by atoms with van der Waals surface area (Å²) in [5.74, 6) is -0.396. The molecule has 0 saturated carbocycles. The Morgan fingerprint density at radius 1 is 1.60 bits per heavy atom. The van der Waals surface area contributed by atoms with Gasteiger partial charge in [-0.1, -0.05) is 28.1 Å². The maximum atomic E-state index is 11.5. The van der Waals surface area contributed by atoms with Crippen molar-refractivity contribution in [1.29, 1.82) is 0 Å². The van der Waals surface area contributed by atoms with Crippen LogP contribution in [0.5, 0.6) is 0 Å². The predicted molar refractivity (Wildman–Crippen MR) is 62.4 cm³/mol. The molecule has 0 bridgehead atoms. The molecule has 3 nitrogen and oxygen atoms in total. The van der Waals surface area contributed by atoms with Crippen molar-refractivity contribution in [3.8, 4) is 0 Å². The van der Waals surface area contributed by atoms with Gasteiger partial charge in [0.25, 0.3) is 0 Å². The summed E-state index contributed by atoms with van der Waals surface area (Å²) in [6.45, 7) is 4.02. The number of rotatable bonds is 3. The summed E-state index contributed by atoms with van der Waals surface area (Å²) >= 11 is 3.38. The molecule has 0 radical (unpaired) electrons. The van der Waals surface area contributed by atoms with Gasteiger partial charge >= 0.3 is 5.97 Å². The maximum absolute atomic E-state index is 11.5. The molecule has 1 aromatic carbocycles. The number of carbonyl (C=O) groups is 1. The number of aryl methyl sites for hydroxylation is 1. The van der Waals surface area contributed by atoms with Crippen molar-refractivity contribution in [3.05, 3.63) is 33.8 Å². The number of esters is 1. The van der Waals surface area contributed by atoms with Crippen molar-refractivity contribution in [1.82, 2.24) is 0 Å². The van der Waals surface area contributed by atoms with E-state index in [0.29, 0.717) is 6.61 Å². The largest absolute Gasteiger partial charge is 0.465 e. The fraction of sp³-hybridized carbons (Fsp3) is 0.364. The van der Waals surface area contributed by atoms with Crippen molar-refractivity contribution < 1.29 is 9.53 Å². The minimum Gasteiger partial charge on any atom is -0.465 e. The van der Waals surface area contributed by atoms with Crippen LogP contribution in [0.1, 0.15) is 24.1 Å². The summed E-state index contributed by atoms with van der Waals surface area (Å²) in [7, 11) is 0. The number of ether oxygens (including phenoxy) is 1.